The number of hydrogen-bond acceptors (Lipinski definition) is 3. The van der Waals surface area contributed by atoms with Gasteiger partial charge in [-0.15, -0.1) is 0 Å². The molecule has 0 fully saturated rings. The molecule has 0 bridgehead atoms. The molecule has 1 aromatic carbocycles. The largest absolute Gasteiger partial charge is 0.740 e. The van der Waals surface area contributed by atoms with Crippen LogP contribution in [0.15, 0.2) is 30.5 Å². The Morgan fingerprint density at radius 2 is 2.08 bits per heavy atom. The van der Waals surface area contributed by atoms with Crippen molar-refractivity contribution in [3.63, 3.8) is 0 Å². The van der Waals surface area contributed by atoms with Crippen molar-refractivity contribution in [1.29, 1.82) is 0 Å². The van der Waals surface area contributed by atoms with Crippen molar-refractivity contribution in [2.24, 2.45) is 0 Å². The van der Waals surface area contributed by atoms with Crippen LogP contribution in [0.25, 0.3) is 10.9 Å². The zero-order valence-corrected chi connectivity index (χ0v) is 6.27. The van der Waals surface area contributed by atoms with E-state index >= 15 is 0 Å². The average Bonchev–Trinajstić information content (AvgIpc) is 2.12. The maximum atomic E-state index is 11.3. The Balaban J connectivity index is 2.91. The van der Waals surface area contributed by atoms with Gasteiger partial charge in [-0.2, -0.15) is 0 Å². The van der Waals surface area contributed by atoms with E-state index in [0.29, 0.717) is 10.2 Å². The summed E-state index contributed by atoms with van der Waals surface area (Å²) in [7, 11) is 0. The first-order valence-corrected chi connectivity index (χ1v) is 3.52. The Morgan fingerprint density at radius 1 is 1.33 bits per heavy atom. The van der Waals surface area contributed by atoms with Crippen molar-refractivity contribution in [1.82, 2.24) is 4.98 Å². The first kappa shape index (κ1) is 6.84. The molecule has 60 valence electrons. The van der Waals surface area contributed by atoms with E-state index in [1.807, 2.05) is 12.1 Å². The summed E-state index contributed by atoms with van der Waals surface area (Å²) in [4.78, 5) is 3.74. The van der Waals surface area contributed by atoms with E-state index in [1.165, 1.54) is 0 Å². The normalized spacial score (nSPS) is 10.3. The first-order valence-electron chi connectivity index (χ1n) is 3.52. The van der Waals surface area contributed by atoms with Gasteiger partial charge in [-0.25, -0.2) is 4.73 Å². The van der Waals surface area contributed by atoms with Crippen LogP contribution < -0.4 is 10.5 Å². The van der Waals surface area contributed by atoms with Crippen LogP contribution in [0.5, 0.6) is 0 Å². The molecule has 0 unspecified atom stereocenters. The number of aromatic nitrogens is 2. The lowest BCUT2D eigenvalue weighted by atomic mass is 10.2. The van der Waals surface area contributed by atoms with E-state index in [9.17, 15) is 5.21 Å². The van der Waals surface area contributed by atoms with Gasteiger partial charge in [0.1, 0.15) is 11.7 Å². The fourth-order valence-electron chi connectivity index (χ4n) is 1.09. The van der Waals surface area contributed by atoms with Gasteiger partial charge in [-0.1, -0.05) is 17.1 Å². The zero-order chi connectivity index (χ0) is 8.55. The Hall–Kier alpha value is -1.84. The Bertz CT molecular complexity index is 428. The summed E-state index contributed by atoms with van der Waals surface area (Å²) < 4.78 is 0.620. The van der Waals surface area contributed by atoms with Crippen molar-refractivity contribution in [2.75, 3.05) is 5.73 Å². The minimum atomic E-state index is -0.0197. The van der Waals surface area contributed by atoms with Crippen LogP contribution in [-0.2, 0) is 0 Å². The topological polar surface area (TPSA) is 65.8 Å². The van der Waals surface area contributed by atoms with Gasteiger partial charge in [0.2, 0.25) is 0 Å². The van der Waals surface area contributed by atoms with Crippen LogP contribution in [0.4, 0.5) is 5.95 Å². The molecule has 0 saturated heterocycles. The number of hydrogen-bond donors (Lipinski definition) is 1. The molecule has 0 aliphatic carbocycles. The van der Waals surface area contributed by atoms with E-state index in [-0.39, 0.29) is 5.95 Å². The second kappa shape index (κ2) is 2.34. The Labute approximate surface area is 68.9 Å². The highest BCUT2D eigenvalue weighted by Crippen LogP contribution is 2.07. The van der Waals surface area contributed by atoms with Gasteiger partial charge >= 0.3 is 5.95 Å². The predicted octanol–water partition coefficient (Wildman–Crippen LogP) is 0.450. The maximum absolute atomic E-state index is 11.3. The molecule has 2 aromatic rings. The van der Waals surface area contributed by atoms with Crippen LogP contribution >= 0.6 is 0 Å². The molecule has 2 N–H and O–H groups in total. The second-order valence-electron chi connectivity index (χ2n) is 2.47. The van der Waals surface area contributed by atoms with Gasteiger partial charge in [0.15, 0.2) is 0 Å². The summed E-state index contributed by atoms with van der Waals surface area (Å²) in [6.45, 7) is 0. The van der Waals surface area contributed by atoms with Gasteiger partial charge in [0, 0.05) is 5.39 Å². The smallest absolute Gasteiger partial charge is 0.390 e. The molecule has 0 saturated carbocycles. The third-order valence-electron chi connectivity index (χ3n) is 1.70. The summed E-state index contributed by atoms with van der Waals surface area (Å²) in [5.74, 6) is -0.0197. The molecule has 2 rings (SSSR count). The van der Waals surface area contributed by atoms with Crippen molar-refractivity contribution in [3.05, 3.63) is 35.7 Å². The molecule has 0 aliphatic heterocycles. The highest BCUT2D eigenvalue weighted by atomic mass is 16.5. The number of nitrogen functional groups attached to an aromatic ring is 1. The van der Waals surface area contributed by atoms with Gasteiger partial charge in [-0.05, 0) is 12.1 Å². The van der Waals surface area contributed by atoms with Crippen LogP contribution in [0.2, 0.25) is 0 Å². The monoisotopic (exact) mass is 161 g/mol. The lowest BCUT2D eigenvalue weighted by Crippen LogP contribution is -2.32. The predicted molar refractivity (Wildman–Crippen MR) is 45.1 cm³/mol. The molecule has 1 heterocycles. The van der Waals surface area contributed by atoms with E-state index in [2.05, 4.69) is 4.98 Å². The summed E-state index contributed by atoms with van der Waals surface area (Å²) in [5, 5.41) is 12.1. The maximum Gasteiger partial charge on any atom is 0.390 e. The molecule has 4 nitrogen and oxygen atoms in total. The van der Waals surface area contributed by atoms with Gasteiger partial charge in [-0.3, -0.25) is 5.73 Å². The lowest BCUT2D eigenvalue weighted by molar-refractivity contribution is -0.564. The standard InChI is InChI=1S/C8H7N3O/c9-8-10-5-6-3-1-2-4-7(6)11(8)12/h1-5H,(H2,9,10). The molecular weight excluding hydrogens is 154 g/mol. The molecule has 0 aliphatic rings. The van der Waals surface area contributed by atoms with Crippen LogP contribution in [0.3, 0.4) is 0 Å². The first-order chi connectivity index (χ1) is 5.79. The molecule has 0 atom stereocenters. The zero-order valence-electron chi connectivity index (χ0n) is 6.27. The molecule has 12 heavy (non-hydrogen) atoms. The fourth-order valence-corrected chi connectivity index (χ4v) is 1.09. The molecule has 0 radical (unpaired) electrons. The summed E-state index contributed by atoms with van der Waals surface area (Å²) >= 11 is 0. The van der Waals surface area contributed by atoms with E-state index in [0.717, 1.165) is 5.39 Å². The van der Waals surface area contributed by atoms with E-state index in [4.69, 9.17) is 5.73 Å². The molecule has 0 spiro atoms. The van der Waals surface area contributed by atoms with Crippen molar-refractivity contribution in [2.45, 2.75) is 0 Å². The minimum absolute atomic E-state index is 0.0197. The summed E-state index contributed by atoms with van der Waals surface area (Å²) in [5.41, 5.74) is 5.87. The number of para-hydroxylation sites is 1. The highest BCUT2D eigenvalue weighted by molar-refractivity contribution is 5.74. The molecular formula is C8H7N3O. The number of fused-ring (bicyclic) bond motifs is 1. The third-order valence-corrected chi connectivity index (χ3v) is 1.70. The number of benzene rings is 1. The molecule has 4 heteroatoms. The summed E-state index contributed by atoms with van der Waals surface area (Å²) in [6.07, 6.45) is 1.58. The average molecular weight is 161 g/mol. The second-order valence-corrected chi connectivity index (χ2v) is 2.47. The Morgan fingerprint density at radius 3 is 2.92 bits per heavy atom. The Kier molecular flexibility index (Phi) is 1.33. The van der Waals surface area contributed by atoms with E-state index in [1.54, 1.807) is 18.3 Å². The van der Waals surface area contributed by atoms with E-state index < -0.39 is 0 Å². The number of anilines is 1. The fraction of sp³-hybridized carbons (Fsp3) is 0. The minimum Gasteiger partial charge on any atom is -0.740 e. The van der Waals surface area contributed by atoms with Crippen LogP contribution in [0.1, 0.15) is 0 Å². The quantitative estimate of drug-likeness (QED) is 0.450. The lowest BCUT2D eigenvalue weighted by Gasteiger charge is -2.07. The SMILES string of the molecule is Nc1ncc2ccccc2[n+]1[O-]. The van der Waals surface area contributed by atoms with Crippen LogP contribution in [0, 0.1) is 5.21 Å². The number of nitrogens with two attached hydrogens (primary N) is 1. The van der Waals surface area contributed by atoms with Crippen molar-refractivity contribution < 1.29 is 4.73 Å². The van der Waals surface area contributed by atoms with Crippen molar-refractivity contribution in [3.8, 4) is 0 Å². The molecule has 1 aromatic heterocycles. The number of nitrogens with zero attached hydrogens (tertiary/aromatic N) is 2. The van der Waals surface area contributed by atoms with Gasteiger partial charge in [0.25, 0.3) is 0 Å². The van der Waals surface area contributed by atoms with Gasteiger partial charge < -0.3 is 5.21 Å². The van der Waals surface area contributed by atoms with Crippen molar-refractivity contribution >= 4 is 16.9 Å². The van der Waals surface area contributed by atoms with Crippen LogP contribution in [-0.4, -0.2) is 4.98 Å². The van der Waals surface area contributed by atoms with Gasteiger partial charge in [0.05, 0.1) is 0 Å². The third kappa shape index (κ3) is 0.852. The highest BCUT2D eigenvalue weighted by Gasteiger charge is 2.02. The molecule has 0 amide bonds. The summed E-state index contributed by atoms with van der Waals surface area (Å²) in [6, 6.07) is 7.16. The number of rotatable bonds is 0.